The van der Waals surface area contributed by atoms with Gasteiger partial charge in [0, 0.05) is 24.4 Å². The summed E-state index contributed by atoms with van der Waals surface area (Å²) in [6.07, 6.45) is -11.8. The van der Waals surface area contributed by atoms with E-state index >= 15 is 0 Å². The molecule has 2 saturated heterocycles. The molecule has 228 valence electrons. The lowest BCUT2D eigenvalue weighted by atomic mass is 9.82. The molecule has 3 aromatic carbocycles. The topological polar surface area (TPSA) is 58.6 Å². The summed E-state index contributed by atoms with van der Waals surface area (Å²) in [5.74, 6) is -1.82. The number of hydrogen-bond acceptors (Lipinski definition) is 3. The molecule has 2 aliphatic heterocycles. The number of amides is 2. The highest BCUT2D eigenvalue weighted by Gasteiger charge is 2.52. The molecule has 1 unspecified atom stereocenters. The molecule has 12 heteroatoms. The summed E-state index contributed by atoms with van der Waals surface area (Å²) >= 11 is 0. The summed E-state index contributed by atoms with van der Waals surface area (Å²) in [5, 5.41) is 2.98. The molecule has 43 heavy (non-hydrogen) atoms. The fourth-order valence-electron chi connectivity index (χ4n) is 5.95. The van der Waals surface area contributed by atoms with E-state index in [1.165, 1.54) is 36.1 Å². The molecule has 2 amide bonds. The van der Waals surface area contributed by atoms with Gasteiger partial charge in [0.05, 0.1) is 35.4 Å². The first-order valence-electron chi connectivity index (χ1n) is 13.6. The molecule has 0 spiro atoms. The third kappa shape index (κ3) is 6.53. The van der Waals surface area contributed by atoms with E-state index in [4.69, 9.17) is 4.74 Å². The highest BCUT2D eigenvalue weighted by atomic mass is 19.4. The number of alkyl halides is 6. The second-order valence-electron chi connectivity index (χ2n) is 10.8. The molecule has 5 atom stereocenters. The summed E-state index contributed by atoms with van der Waals surface area (Å²) in [4.78, 5) is 27.7. The van der Waals surface area contributed by atoms with Gasteiger partial charge in [-0.05, 0) is 66.9 Å². The Morgan fingerprint density at radius 3 is 2.12 bits per heavy atom. The van der Waals surface area contributed by atoms with Crippen LogP contribution in [0.1, 0.15) is 64.4 Å². The van der Waals surface area contributed by atoms with Crippen LogP contribution in [0.3, 0.4) is 0 Å². The summed E-state index contributed by atoms with van der Waals surface area (Å²) in [6, 6.07) is 13.9. The van der Waals surface area contributed by atoms with Crippen molar-refractivity contribution in [2.24, 2.45) is 0 Å². The van der Waals surface area contributed by atoms with E-state index in [0.717, 1.165) is 0 Å². The Hall–Kier alpha value is -3.93. The maximum atomic E-state index is 13.9. The molecule has 0 bridgehead atoms. The molecular weight excluding hydrogens is 581 g/mol. The number of nitrogens with zero attached hydrogens (tertiary/aromatic N) is 1. The molecule has 0 aliphatic carbocycles. The quantitative estimate of drug-likeness (QED) is 0.310. The van der Waals surface area contributed by atoms with Crippen molar-refractivity contribution in [2.45, 2.75) is 62.3 Å². The van der Waals surface area contributed by atoms with Crippen molar-refractivity contribution in [3.63, 3.8) is 0 Å². The van der Waals surface area contributed by atoms with Gasteiger partial charge in [0.1, 0.15) is 5.82 Å². The lowest BCUT2D eigenvalue weighted by Crippen LogP contribution is -2.56. The van der Waals surface area contributed by atoms with Crippen LogP contribution in [0.5, 0.6) is 0 Å². The van der Waals surface area contributed by atoms with E-state index in [1.807, 2.05) is 0 Å². The predicted octanol–water partition coefficient (Wildman–Crippen LogP) is 6.90. The minimum absolute atomic E-state index is 0.0291. The molecule has 2 fully saturated rings. The van der Waals surface area contributed by atoms with Gasteiger partial charge in [0.2, 0.25) is 5.91 Å². The Bertz CT molecular complexity index is 1440. The van der Waals surface area contributed by atoms with Crippen LogP contribution in [-0.2, 0) is 21.9 Å². The molecule has 0 radical (unpaired) electrons. The van der Waals surface area contributed by atoms with E-state index in [1.54, 1.807) is 30.3 Å². The zero-order chi connectivity index (χ0) is 31.1. The molecule has 3 aromatic rings. The average molecular weight is 609 g/mol. The molecule has 5 nitrogen and oxygen atoms in total. The highest BCUT2D eigenvalue weighted by molar-refractivity contribution is 5.94. The van der Waals surface area contributed by atoms with Gasteiger partial charge in [0.15, 0.2) is 0 Å². The third-order valence-corrected chi connectivity index (χ3v) is 7.97. The van der Waals surface area contributed by atoms with Gasteiger partial charge >= 0.3 is 12.4 Å². The average Bonchev–Trinajstić information content (AvgIpc) is 3.34. The zero-order valence-electron chi connectivity index (χ0n) is 22.8. The van der Waals surface area contributed by atoms with Crippen LogP contribution in [0.2, 0.25) is 0 Å². The monoisotopic (exact) mass is 608 g/mol. The summed E-state index contributed by atoms with van der Waals surface area (Å²) < 4.78 is 101. The minimum atomic E-state index is -5.03. The number of nitrogens with one attached hydrogen (secondary N) is 1. The normalized spacial score (nSPS) is 23.2. The molecule has 0 aromatic heterocycles. The van der Waals surface area contributed by atoms with Gasteiger partial charge in [-0.25, -0.2) is 4.39 Å². The molecule has 1 N–H and O–H groups in total. The van der Waals surface area contributed by atoms with Gasteiger partial charge in [0.25, 0.3) is 5.91 Å². The van der Waals surface area contributed by atoms with E-state index in [-0.39, 0.29) is 36.4 Å². The molecule has 5 rings (SSSR count). The lowest BCUT2D eigenvalue weighted by Gasteiger charge is -2.39. The number of rotatable bonds is 6. The van der Waals surface area contributed by atoms with E-state index in [9.17, 15) is 40.3 Å². The lowest BCUT2D eigenvalue weighted by molar-refractivity contribution is -0.143. The molecular formula is C31H27F7N2O3. The summed E-state index contributed by atoms with van der Waals surface area (Å²) in [7, 11) is 0. The van der Waals surface area contributed by atoms with E-state index < -0.39 is 59.5 Å². The third-order valence-electron chi connectivity index (χ3n) is 7.97. The number of carbonyl (C=O) groups excluding carboxylic acids is 2. The van der Waals surface area contributed by atoms with Crippen LogP contribution in [0, 0.1) is 5.82 Å². The second-order valence-corrected chi connectivity index (χ2v) is 10.8. The Balaban J connectivity index is 1.50. The number of benzene rings is 3. The predicted molar refractivity (Wildman–Crippen MR) is 141 cm³/mol. The number of hydrogen-bond donors (Lipinski definition) is 1. The zero-order valence-corrected chi connectivity index (χ0v) is 22.8. The van der Waals surface area contributed by atoms with Crippen molar-refractivity contribution >= 4 is 11.8 Å². The summed E-state index contributed by atoms with van der Waals surface area (Å²) in [5.41, 5.74) is -2.34. The first-order chi connectivity index (χ1) is 20.2. The van der Waals surface area contributed by atoms with Gasteiger partial charge in [-0.2, -0.15) is 26.3 Å². The van der Waals surface area contributed by atoms with Crippen molar-refractivity contribution in [1.29, 1.82) is 0 Å². The van der Waals surface area contributed by atoms with Crippen LogP contribution in [0.15, 0.2) is 72.8 Å². The van der Waals surface area contributed by atoms with Crippen LogP contribution >= 0.6 is 0 Å². The highest BCUT2D eigenvalue weighted by Crippen LogP contribution is 2.44. The maximum absolute atomic E-state index is 13.9. The van der Waals surface area contributed by atoms with Crippen LogP contribution in [-0.4, -0.2) is 41.4 Å². The van der Waals surface area contributed by atoms with Gasteiger partial charge in [-0.1, -0.05) is 30.3 Å². The summed E-state index contributed by atoms with van der Waals surface area (Å²) in [6.45, 7) is 1.31. The maximum Gasteiger partial charge on any atom is 0.416 e. The van der Waals surface area contributed by atoms with Gasteiger partial charge in [-0.15, -0.1) is 0 Å². The Labute approximate surface area is 242 Å². The Kier molecular flexibility index (Phi) is 8.26. The molecule has 2 heterocycles. The van der Waals surface area contributed by atoms with Crippen LogP contribution in [0.4, 0.5) is 30.7 Å². The number of fused-ring (bicyclic) bond motifs is 1. The fourth-order valence-corrected chi connectivity index (χ4v) is 5.95. The standard InChI is InChI=1S/C31H27F7N2O3/c1-17(20-13-21(30(33,34)35)15-22(14-20)31(36,37)38)43-25-16-40-26(41)12-11-24(39-29(42)19-5-3-2-4-6-19)28(40)27(25)18-7-9-23(32)10-8-18/h2-10,13-15,17,24-25,27-28H,11-12,16H2,1H3,(H,39,42)/t17-,24?,25+,27-,28-/m1/s1. The minimum Gasteiger partial charge on any atom is -0.368 e. The SMILES string of the molecule is C[C@@H](O[C@H]1CN2C(=O)CCC(NC(=O)c3ccccc3)[C@@H]2[C@@H]1c1ccc(F)cc1)c1cc(C(F)(F)F)cc(C(F)(F)F)c1. The Morgan fingerprint density at radius 1 is 0.930 bits per heavy atom. The van der Waals surface area contributed by atoms with E-state index in [2.05, 4.69) is 5.32 Å². The van der Waals surface area contributed by atoms with Crippen LogP contribution < -0.4 is 5.32 Å². The van der Waals surface area contributed by atoms with E-state index in [0.29, 0.717) is 29.7 Å². The largest absolute Gasteiger partial charge is 0.416 e. The number of ether oxygens (including phenoxy) is 1. The van der Waals surface area contributed by atoms with Crippen molar-refractivity contribution in [3.8, 4) is 0 Å². The molecule has 0 saturated carbocycles. The number of piperidine rings is 1. The number of carbonyl (C=O) groups is 2. The number of halogens is 7. The van der Waals surface area contributed by atoms with Crippen molar-refractivity contribution in [1.82, 2.24) is 10.2 Å². The fraction of sp³-hybridized carbons (Fsp3) is 0.355. The van der Waals surface area contributed by atoms with Crippen molar-refractivity contribution in [3.05, 3.63) is 106 Å². The van der Waals surface area contributed by atoms with Crippen molar-refractivity contribution in [2.75, 3.05) is 6.54 Å². The molecule has 2 aliphatic rings. The van der Waals surface area contributed by atoms with Gasteiger partial charge in [-0.3, -0.25) is 9.59 Å². The Morgan fingerprint density at radius 2 is 1.53 bits per heavy atom. The second kappa shape index (κ2) is 11.6. The van der Waals surface area contributed by atoms with Crippen LogP contribution in [0.25, 0.3) is 0 Å². The first-order valence-corrected chi connectivity index (χ1v) is 13.6. The first kappa shape index (κ1) is 30.5. The smallest absolute Gasteiger partial charge is 0.368 e. The van der Waals surface area contributed by atoms with Gasteiger partial charge < -0.3 is 15.0 Å². The van der Waals surface area contributed by atoms with Crippen molar-refractivity contribution < 1.29 is 45.1 Å².